The van der Waals surface area contributed by atoms with E-state index in [2.05, 4.69) is 15.5 Å². The number of aromatic nitrogens is 2. The number of hydrogen-bond acceptors (Lipinski definition) is 5. The summed E-state index contributed by atoms with van der Waals surface area (Å²) in [6, 6.07) is -0.0723. The first-order valence-corrected chi connectivity index (χ1v) is 6.47. The monoisotopic (exact) mass is 268 g/mol. The fourth-order valence-corrected chi connectivity index (χ4v) is 1.82. The number of nitrogens with one attached hydrogen (secondary N) is 1. The second kappa shape index (κ2) is 6.01. The highest BCUT2D eigenvalue weighted by Gasteiger charge is 2.35. The van der Waals surface area contributed by atoms with Gasteiger partial charge >= 0.3 is 6.03 Å². The molecule has 0 aromatic carbocycles. The number of carbonyl (C=O) groups excluding carboxylic acids is 1. The number of hydrogen-bond donors (Lipinski definition) is 1. The Morgan fingerprint density at radius 3 is 2.89 bits per heavy atom. The molecule has 7 heteroatoms. The predicted molar refractivity (Wildman–Crippen MR) is 68.0 cm³/mol. The van der Waals surface area contributed by atoms with Gasteiger partial charge in [0.25, 0.3) is 0 Å². The summed E-state index contributed by atoms with van der Waals surface area (Å²) >= 11 is 0. The number of carbonyl (C=O) groups is 1. The molecular formula is C12H20N4O3. The zero-order valence-corrected chi connectivity index (χ0v) is 11.5. The highest BCUT2D eigenvalue weighted by Crippen LogP contribution is 2.26. The SMILES string of the molecule is COCCNC(=O)N1CC(c2nc(C(C)C)no2)C1. The standard InChI is InChI=1S/C12H20N4O3/c1-8(2)10-14-11(19-15-10)9-6-16(7-9)12(17)13-4-5-18-3/h8-9H,4-7H2,1-3H3,(H,13,17). The van der Waals surface area contributed by atoms with Crippen molar-refractivity contribution in [1.29, 1.82) is 0 Å². The van der Waals surface area contributed by atoms with E-state index in [1.54, 1.807) is 12.0 Å². The Balaban J connectivity index is 1.77. The molecule has 0 aliphatic carbocycles. The van der Waals surface area contributed by atoms with Gasteiger partial charge in [-0.15, -0.1) is 0 Å². The summed E-state index contributed by atoms with van der Waals surface area (Å²) in [5.41, 5.74) is 0. The molecule has 7 nitrogen and oxygen atoms in total. The van der Waals surface area contributed by atoms with E-state index < -0.39 is 0 Å². The second-order valence-corrected chi connectivity index (χ2v) is 4.97. The molecule has 19 heavy (non-hydrogen) atoms. The van der Waals surface area contributed by atoms with Crippen molar-refractivity contribution in [2.45, 2.75) is 25.7 Å². The molecule has 0 spiro atoms. The highest BCUT2D eigenvalue weighted by molar-refractivity contribution is 5.75. The van der Waals surface area contributed by atoms with Crippen LogP contribution in [0, 0.1) is 0 Å². The largest absolute Gasteiger partial charge is 0.383 e. The predicted octanol–water partition coefficient (Wildman–Crippen LogP) is 0.948. The highest BCUT2D eigenvalue weighted by atomic mass is 16.5. The summed E-state index contributed by atoms with van der Waals surface area (Å²) < 4.78 is 10.1. The third-order valence-corrected chi connectivity index (χ3v) is 3.07. The van der Waals surface area contributed by atoms with Crippen LogP contribution in [0.1, 0.15) is 37.4 Å². The van der Waals surface area contributed by atoms with Crippen molar-refractivity contribution in [3.63, 3.8) is 0 Å². The average Bonchev–Trinajstić information content (AvgIpc) is 2.77. The van der Waals surface area contributed by atoms with Crippen molar-refractivity contribution in [2.75, 3.05) is 33.4 Å². The minimum atomic E-state index is -0.0723. The van der Waals surface area contributed by atoms with Crippen molar-refractivity contribution in [2.24, 2.45) is 0 Å². The molecule has 0 radical (unpaired) electrons. The molecule has 2 amide bonds. The van der Waals surface area contributed by atoms with Crippen LogP contribution in [0.5, 0.6) is 0 Å². The minimum Gasteiger partial charge on any atom is -0.383 e. The van der Waals surface area contributed by atoms with Gasteiger partial charge < -0.3 is 19.5 Å². The van der Waals surface area contributed by atoms with E-state index in [1.165, 1.54) is 0 Å². The van der Waals surface area contributed by atoms with Crippen LogP contribution in [-0.2, 0) is 4.74 Å². The molecule has 106 valence electrons. The third kappa shape index (κ3) is 3.23. The van der Waals surface area contributed by atoms with Crippen molar-refractivity contribution in [3.8, 4) is 0 Å². The fraction of sp³-hybridized carbons (Fsp3) is 0.750. The quantitative estimate of drug-likeness (QED) is 0.804. The Labute approximate surface area is 112 Å². The maximum Gasteiger partial charge on any atom is 0.317 e. The lowest BCUT2D eigenvalue weighted by Gasteiger charge is -2.36. The Morgan fingerprint density at radius 1 is 1.58 bits per heavy atom. The molecular weight excluding hydrogens is 248 g/mol. The molecule has 1 aromatic rings. The van der Waals surface area contributed by atoms with Crippen molar-refractivity contribution >= 4 is 6.03 Å². The van der Waals surface area contributed by atoms with E-state index in [0.29, 0.717) is 32.1 Å². The van der Waals surface area contributed by atoms with Gasteiger partial charge in [-0.3, -0.25) is 0 Å². The van der Waals surface area contributed by atoms with Crippen LogP contribution in [0.3, 0.4) is 0 Å². The lowest BCUT2D eigenvalue weighted by atomic mass is 10.0. The molecule has 1 fully saturated rings. The molecule has 0 unspecified atom stereocenters. The molecule has 1 N–H and O–H groups in total. The molecule has 2 rings (SSSR count). The number of urea groups is 1. The topological polar surface area (TPSA) is 80.5 Å². The molecule has 0 atom stereocenters. The number of ether oxygens (including phenoxy) is 1. The number of rotatable bonds is 5. The van der Waals surface area contributed by atoms with E-state index in [0.717, 1.165) is 5.82 Å². The average molecular weight is 268 g/mol. The third-order valence-electron chi connectivity index (χ3n) is 3.07. The second-order valence-electron chi connectivity index (χ2n) is 4.97. The minimum absolute atomic E-state index is 0.0723. The van der Waals surface area contributed by atoms with Gasteiger partial charge in [0.05, 0.1) is 12.5 Å². The molecule has 1 aromatic heterocycles. The number of amides is 2. The normalized spacial score (nSPS) is 15.7. The maximum absolute atomic E-state index is 11.7. The van der Waals surface area contributed by atoms with E-state index in [-0.39, 0.29) is 17.9 Å². The van der Waals surface area contributed by atoms with Gasteiger partial charge in [-0.1, -0.05) is 19.0 Å². The van der Waals surface area contributed by atoms with Gasteiger partial charge in [-0.2, -0.15) is 4.98 Å². The smallest absolute Gasteiger partial charge is 0.317 e. The van der Waals surface area contributed by atoms with Gasteiger partial charge in [0.15, 0.2) is 5.82 Å². The lowest BCUT2D eigenvalue weighted by molar-refractivity contribution is 0.132. The first-order valence-electron chi connectivity index (χ1n) is 6.47. The maximum atomic E-state index is 11.7. The number of nitrogens with zero attached hydrogens (tertiary/aromatic N) is 3. The molecule has 1 aliphatic rings. The van der Waals surface area contributed by atoms with Crippen molar-refractivity contribution in [3.05, 3.63) is 11.7 Å². The Morgan fingerprint density at radius 2 is 2.32 bits per heavy atom. The van der Waals surface area contributed by atoms with E-state index in [4.69, 9.17) is 9.26 Å². The van der Waals surface area contributed by atoms with Crippen molar-refractivity contribution in [1.82, 2.24) is 20.4 Å². The molecule has 2 heterocycles. The van der Waals surface area contributed by atoms with Gasteiger partial charge in [0.2, 0.25) is 5.89 Å². The lowest BCUT2D eigenvalue weighted by Crippen LogP contribution is -2.53. The number of likely N-dealkylation sites (tertiary alicyclic amines) is 1. The van der Waals surface area contributed by atoms with Crippen LogP contribution < -0.4 is 5.32 Å². The van der Waals surface area contributed by atoms with Crippen LogP contribution in [0.15, 0.2) is 4.52 Å². The van der Waals surface area contributed by atoms with Crippen LogP contribution in [0.4, 0.5) is 4.79 Å². The van der Waals surface area contributed by atoms with Crippen LogP contribution >= 0.6 is 0 Å². The first kappa shape index (κ1) is 13.8. The Hall–Kier alpha value is -1.63. The zero-order chi connectivity index (χ0) is 13.8. The summed E-state index contributed by atoms with van der Waals surface area (Å²) in [6.45, 7) is 6.33. The molecule has 1 aliphatic heterocycles. The summed E-state index contributed by atoms with van der Waals surface area (Å²) in [5, 5.41) is 6.70. The van der Waals surface area contributed by atoms with E-state index >= 15 is 0 Å². The zero-order valence-electron chi connectivity index (χ0n) is 11.5. The summed E-state index contributed by atoms with van der Waals surface area (Å²) in [6.07, 6.45) is 0. The van der Waals surface area contributed by atoms with Gasteiger partial charge in [-0.05, 0) is 0 Å². The summed E-state index contributed by atoms with van der Waals surface area (Å²) in [7, 11) is 1.60. The van der Waals surface area contributed by atoms with E-state index in [1.807, 2.05) is 13.8 Å². The summed E-state index contributed by atoms with van der Waals surface area (Å²) in [4.78, 5) is 17.7. The summed E-state index contributed by atoms with van der Waals surface area (Å²) in [5.74, 6) is 1.77. The molecule has 0 saturated carbocycles. The van der Waals surface area contributed by atoms with Crippen LogP contribution in [-0.4, -0.2) is 54.4 Å². The van der Waals surface area contributed by atoms with Crippen LogP contribution in [0.25, 0.3) is 0 Å². The fourth-order valence-electron chi connectivity index (χ4n) is 1.82. The Bertz CT molecular complexity index is 426. The van der Waals surface area contributed by atoms with E-state index in [9.17, 15) is 4.79 Å². The van der Waals surface area contributed by atoms with Crippen molar-refractivity contribution < 1.29 is 14.1 Å². The number of methoxy groups -OCH3 is 1. The first-order chi connectivity index (χ1) is 9.11. The van der Waals surface area contributed by atoms with Crippen LogP contribution in [0.2, 0.25) is 0 Å². The molecule has 1 saturated heterocycles. The van der Waals surface area contributed by atoms with Gasteiger partial charge in [-0.25, -0.2) is 4.79 Å². The van der Waals surface area contributed by atoms with Gasteiger partial charge in [0.1, 0.15) is 0 Å². The van der Waals surface area contributed by atoms with Gasteiger partial charge in [0, 0.05) is 32.7 Å². The Kier molecular flexibility index (Phi) is 4.36. The molecule has 0 bridgehead atoms.